The Balaban J connectivity index is 2.30. The van der Waals surface area contributed by atoms with E-state index in [2.05, 4.69) is 10.2 Å². The van der Waals surface area contributed by atoms with Gasteiger partial charge in [-0.2, -0.15) is 0 Å². The molecule has 1 aromatic carbocycles. The fraction of sp³-hybridized carbons (Fsp3) is 0.364. The van der Waals surface area contributed by atoms with Crippen LogP contribution in [0, 0.1) is 0 Å². The Hall–Kier alpha value is -1.26. The first-order valence-electron chi connectivity index (χ1n) is 5.17. The Bertz CT molecular complexity index is 403. The molecule has 0 aliphatic carbocycles. The number of rotatable bonds is 2. The number of carboxylic acids is 1. The van der Waals surface area contributed by atoms with Gasteiger partial charge in [0.25, 0.3) is 0 Å². The molecule has 5 heteroatoms. The molecule has 0 spiro atoms. The molecule has 0 amide bonds. The van der Waals surface area contributed by atoms with Crippen LogP contribution >= 0.6 is 11.6 Å². The van der Waals surface area contributed by atoms with Gasteiger partial charge in [0.15, 0.2) is 0 Å². The largest absolute Gasteiger partial charge is 0.478 e. The maximum absolute atomic E-state index is 10.9. The SMILES string of the molecule is O=C(O)c1ccc(Cl)c(N2CCNCC2)c1. The van der Waals surface area contributed by atoms with Gasteiger partial charge in [-0.05, 0) is 18.2 Å². The second-order valence-electron chi connectivity index (χ2n) is 3.71. The molecule has 0 bridgehead atoms. The van der Waals surface area contributed by atoms with Crippen molar-refractivity contribution in [1.82, 2.24) is 5.32 Å². The predicted octanol–water partition coefficient (Wildman–Crippen LogP) is 1.45. The van der Waals surface area contributed by atoms with Crippen LogP contribution in [0.25, 0.3) is 0 Å². The molecule has 16 heavy (non-hydrogen) atoms. The first kappa shape index (κ1) is 11.2. The lowest BCUT2D eigenvalue weighted by atomic mass is 10.1. The molecular weight excluding hydrogens is 228 g/mol. The summed E-state index contributed by atoms with van der Waals surface area (Å²) in [7, 11) is 0. The summed E-state index contributed by atoms with van der Waals surface area (Å²) in [6, 6.07) is 4.80. The van der Waals surface area contributed by atoms with Gasteiger partial charge in [-0.15, -0.1) is 0 Å². The van der Waals surface area contributed by atoms with E-state index in [-0.39, 0.29) is 5.56 Å². The molecule has 2 rings (SSSR count). The molecule has 0 aromatic heterocycles. The number of aromatic carboxylic acids is 1. The molecule has 86 valence electrons. The van der Waals surface area contributed by atoms with Crippen molar-refractivity contribution in [2.24, 2.45) is 0 Å². The number of nitrogens with one attached hydrogen (secondary N) is 1. The molecule has 0 atom stereocenters. The Labute approximate surface area is 98.8 Å². The molecular formula is C11H13ClN2O2. The number of anilines is 1. The normalized spacial score (nSPS) is 16.2. The molecule has 1 aromatic rings. The highest BCUT2D eigenvalue weighted by molar-refractivity contribution is 6.33. The summed E-state index contributed by atoms with van der Waals surface area (Å²) in [5.74, 6) is -0.923. The van der Waals surface area contributed by atoms with Gasteiger partial charge in [-0.3, -0.25) is 0 Å². The van der Waals surface area contributed by atoms with Crippen molar-refractivity contribution in [3.05, 3.63) is 28.8 Å². The smallest absolute Gasteiger partial charge is 0.335 e. The average Bonchev–Trinajstić information content (AvgIpc) is 2.30. The zero-order chi connectivity index (χ0) is 11.5. The van der Waals surface area contributed by atoms with Gasteiger partial charge in [-0.25, -0.2) is 4.79 Å². The maximum Gasteiger partial charge on any atom is 0.335 e. The number of carbonyl (C=O) groups is 1. The third-order valence-corrected chi connectivity index (χ3v) is 2.97. The van der Waals surface area contributed by atoms with Crippen molar-refractivity contribution in [3.8, 4) is 0 Å². The van der Waals surface area contributed by atoms with Gasteiger partial charge >= 0.3 is 5.97 Å². The molecule has 1 fully saturated rings. The van der Waals surface area contributed by atoms with E-state index in [0.717, 1.165) is 31.9 Å². The topological polar surface area (TPSA) is 52.6 Å². The van der Waals surface area contributed by atoms with E-state index in [1.54, 1.807) is 12.1 Å². The van der Waals surface area contributed by atoms with Crippen LogP contribution in [0.4, 0.5) is 5.69 Å². The van der Waals surface area contributed by atoms with E-state index in [1.165, 1.54) is 6.07 Å². The van der Waals surface area contributed by atoms with Crippen molar-refractivity contribution in [3.63, 3.8) is 0 Å². The van der Waals surface area contributed by atoms with Gasteiger partial charge in [0.05, 0.1) is 16.3 Å². The van der Waals surface area contributed by atoms with E-state index < -0.39 is 5.97 Å². The van der Waals surface area contributed by atoms with Crippen molar-refractivity contribution in [1.29, 1.82) is 0 Å². The van der Waals surface area contributed by atoms with E-state index in [4.69, 9.17) is 16.7 Å². The number of carboxylic acid groups (broad SMARTS) is 1. The summed E-state index contributed by atoms with van der Waals surface area (Å²) in [6.45, 7) is 3.49. The van der Waals surface area contributed by atoms with Gasteiger partial charge in [0.1, 0.15) is 0 Å². The van der Waals surface area contributed by atoms with Crippen LogP contribution in [-0.4, -0.2) is 37.3 Å². The summed E-state index contributed by atoms with van der Waals surface area (Å²) in [5, 5.41) is 12.8. The Kier molecular flexibility index (Phi) is 3.31. The second kappa shape index (κ2) is 4.72. The van der Waals surface area contributed by atoms with Crippen molar-refractivity contribution in [2.75, 3.05) is 31.1 Å². The lowest BCUT2D eigenvalue weighted by Crippen LogP contribution is -2.43. The zero-order valence-corrected chi connectivity index (χ0v) is 9.50. The first-order valence-corrected chi connectivity index (χ1v) is 5.55. The maximum atomic E-state index is 10.9. The third-order valence-electron chi connectivity index (χ3n) is 2.65. The minimum absolute atomic E-state index is 0.276. The zero-order valence-electron chi connectivity index (χ0n) is 8.74. The lowest BCUT2D eigenvalue weighted by Gasteiger charge is -2.30. The molecule has 0 unspecified atom stereocenters. The Morgan fingerprint density at radius 1 is 1.38 bits per heavy atom. The number of nitrogens with zero attached hydrogens (tertiary/aromatic N) is 1. The summed E-state index contributed by atoms with van der Waals surface area (Å²) >= 11 is 6.08. The van der Waals surface area contributed by atoms with E-state index >= 15 is 0 Å². The molecule has 1 heterocycles. The van der Waals surface area contributed by atoms with Crippen LogP contribution in [0.2, 0.25) is 5.02 Å². The summed E-state index contributed by atoms with van der Waals surface area (Å²) in [4.78, 5) is 13.0. The van der Waals surface area contributed by atoms with Crippen LogP contribution in [0.3, 0.4) is 0 Å². The molecule has 2 N–H and O–H groups in total. The molecule has 1 aliphatic heterocycles. The van der Waals surface area contributed by atoms with Gasteiger partial charge in [0, 0.05) is 26.2 Å². The van der Waals surface area contributed by atoms with Crippen LogP contribution in [-0.2, 0) is 0 Å². The monoisotopic (exact) mass is 240 g/mol. The minimum atomic E-state index is -0.923. The van der Waals surface area contributed by atoms with Crippen molar-refractivity contribution < 1.29 is 9.90 Å². The van der Waals surface area contributed by atoms with Gasteiger partial charge in [0.2, 0.25) is 0 Å². The molecule has 0 saturated carbocycles. The highest BCUT2D eigenvalue weighted by Gasteiger charge is 2.15. The quantitative estimate of drug-likeness (QED) is 0.822. The fourth-order valence-electron chi connectivity index (χ4n) is 1.79. The fourth-order valence-corrected chi connectivity index (χ4v) is 2.03. The van der Waals surface area contributed by atoms with E-state index in [0.29, 0.717) is 5.02 Å². The number of piperazine rings is 1. The van der Waals surface area contributed by atoms with Gasteiger partial charge < -0.3 is 15.3 Å². The number of halogens is 1. The highest BCUT2D eigenvalue weighted by Crippen LogP contribution is 2.27. The van der Waals surface area contributed by atoms with Crippen LogP contribution in [0.1, 0.15) is 10.4 Å². The molecule has 4 nitrogen and oxygen atoms in total. The predicted molar refractivity (Wildman–Crippen MR) is 63.5 cm³/mol. The van der Waals surface area contributed by atoms with Gasteiger partial charge in [-0.1, -0.05) is 11.6 Å². The first-order chi connectivity index (χ1) is 7.68. The lowest BCUT2D eigenvalue weighted by molar-refractivity contribution is 0.0697. The summed E-state index contributed by atoms with van der Waals surface area (Å²) in [6.07, 6.45) is 0. The third kappa shape index (κ3) is 2.28. The van der Waals surface area contributed by atoms with Crippen LogP contribution in [0.5, 0.6) is 0 Å². The molecule has 1 aliphatic rings. The molecule has 0 radical (unpaired) electrons. The summed E-state index contributed by atoms with van der Waals surface area (Å²) in [5.41, 5.74) is 1.08. The van der Waals surface area contributed by atoms with Crippen molar-refractivity contribution >= 4 is 23.3 Å². The van der Waals surface area contributed by atoms with Crippen LogP contribution in [0.15, 0.2) is 18.2 Å². The van der Waals surface area contributed by atoms with E-state index in [9.17, 15) is 4.79 Å². The minimum Gasteiger partial charge on any atom is -0.478 e. The number of benzene rings is 1. The van der Waals surface area contributed by atoms with Crippen molar-refractivity contribution in [2.45, 2.75) is 0 Å². The van der Waals surface area contributed by atoms with E-state index in [1.807, 2.05) is 0 Å². The molecule has 1 saturated heterocycles. The Morgan fingerprint density at radius 2 is 2.06 bits per heavy atom. The highest BCUT2D eigenvalue weighted by atomic mass is 35.5. The average molecular weight is 241 g/mol. The Morgan fingerprint density at radius 3 is 2.69 bits per heavy atom. The second-order valence-corrected chi connectivity index (χ2v) is 4.12. The standard InChI is InChI=1S/C11H13ClN2O2/c12-9-2-1-8(11(15)16)7-10(9)14-5-3-13-4-6-14/h1-2,7,13H,3-6H2,(H,15,16). The number of hydrogen-bond donors (Lipinski definition) is 2. The summed E-state index contributed by atoms with van der Waals surface area (Å²) < 4.78 is 0. The van der Waals surface area contributed by atoms with Crippen LogP contribution < -0.4 is 10.2 Å². The number of hydrogen-bond acceptors (Lipinski definition) is 3.